The second-order valence-corrected chi connectivity index (χ2v) is 11.5. The highest BCUT2D eigenvalue weighted by atomic mass is 16.7. The minimum Gasteiger partial charge on any atom is -0.465 e. The zero-order chi connectivity index (χ0) is 28.6. The van der Waals surface area contributed by atoms with Crippen LogP contribution in [-0.4, -0.2) is 46.8 Å². The first-order chi connectivity index (χ1) is 19.1. The molecule has 0 amide bonds. The van der Waals surface area contributed by atoms with E-state index in [0.717, 1.165) is 30.4 Å². The Hall–Kier alpha value is -3.55. The van der Waals surface area contributed by atoms with Gasteiger partial charge in [0.05, 0.1) is 35.9 Å². The predicted molar refractivity (Wildman–Crippen MR) is 156 cm³/mol. The second-order valence-electron chi connectivity index (χ2n) is 11.5. The summed E-state index contributed by atoms with van der Waals surface area (Å²) >= 11 is 0. The number of rotatable bonds is 6. The van der Waals surface area contributed by atoms with E-state index < -0.39 is 11.8 Å². The fraction of sp³-hybridized carbons (Fsp3) is 0.424. The van der Waals surface area contributed by atoms with E-state index in [9.17, 15) is 9.59 Å². The number of imidazole rings is 1. The Morgan fingerprint density at radius 1 is 1.18 bits per heavy atom. The Labute approximate surface area is 235 Å². The molecule has 3 aliphatic rings. The van der Waals surface area contributed by atoms with E-state index >= 15 is 0 Å². The van der Waals surface area contributed by atoms with Crippen molar-refractivity contribution in [2.75, 3.05) is 7.11 Å². The fourth-order valence-corrected chi connectivity index (χ4v) is 5.79. The molecule has 7 heteroatoms. The summed E-state index contributed by atoms with van der Waals surface area (Å²) < 4.78 is 18.3. The topological polar surface area (TPSA) is 90.5 Å². The Kier molecular flexibility index (Phi) is 7.80. The number of ether oxygens (including phenoxy) is 3. The number of nitrogens with one attached hydrogen (secondary N) is 1. The number of benzene rings is 1. The number of Topliss-reactive ketones (excluding diaryl/α,β-unsaturated/α-hetero) is 1. The van der Waals surface area contributed by atoms with Gasteiger partial charge >= 0.3 is 5.97 Å². The number of aromatic amines is 1. The third-order valence-corrected chi connectivity index (χ3v) is 7.78. The molecule has 0 saturated carbocycles. The lowest BCUT2D eigenvalue weighted by Crippen LogP contribution is -2.48. The molecular formula is C33H38N2O5. The van der Waals surface area contributed by atoms with Gasteiger partial charge in [-0.1, -0.05) is 28.9 Å². The molecule has 1 aliphatic carbocycles. The van der Waals surface area contributed by atoms with Crippen LogP contribution in [0.5, 0.6) is 0 Å². The van der Waals surface area contributed by atoms with Gasteiger partial charge in [0, 0.05) is 17.9 Å². The molecule has 2 aliphatic heterocycles. The summed E-state index contributed by atoms with van der Waals surface area (Å²) in [5.74, 6) is -0.970. The van der Waals surface area contributed by atoms with Crippen molar-refractivity contribution in [3.8, 4) is 0 Å². The molecule has 0 unspecified atom stereocenters. The molecule has 1 spiro atoms. The van der Waals surface area contributed by atoms with Crippen LogP contribution in [0.4, 0.5) is 0 Å². The van der Waals surface area contributed by atoms with Crippen LogP contribution in [0, 0.1) is 5.92 Å². The van der Waals surface area contributed by atoms with Gasteiger partial charge in [0.15, 0.2) is 5.78 Å². The minimum absolute atomic E-state index is 0.0971. The van der Waals surface area contributed by atoms with Crippen LogP contribution < -0.4 is 0 Å². The highest BCUT2D eigenvalue weighted by Gasteiger charge is 2.46. The minimum atomic E-state index is -1.09. The molecule has 5 rings (SSSR count). The maximum atomic E-state index is 12.8. The van der Waals surface area contributed by atoms with Crippen LogP contribution >= 0.6 is 0 Å². The van der Waals surface area contributed by atoms with E-state index in [2.05, 4.69) is 44.8 Å². The summed E-state index contributed by atoms with van der Waals surface area (Å²) in [6.07, 6.45) is 13.0. The molecule has 1 aromatic heterocycles. The monoisotopic (exact) mass is 542 g/mol. The Balaban J connectivity index is 1.54. The van der Waals surface area contributed by atoms with Crippen molar-refractivity contribution in [2.45, 2.75) is 78.3 Å². The Bertz CT molecular complexity index is 1500. The molecule has 210 valence electrons. The molecule has 2 aromatic rings. The van der Waals surface area contributed by atoms with Crippen molar-refractivity contribution in [1.82, 2.24) is 9.97 Å². The standard InChI is InChI=1S/C33H38N2O5/c1-19(2)8-7-9-20(3)12-24-13-21(4)17-33(39-24)18-26(25-16-29(36)22(5)14-30(25)40-33)31-34-27-11-10-23(32(37)38-6)15-28(27)35-31/h8,10-12,14-15,17-18,24-25,30H,7,9,13,16H2,1-6H3,(H,34,35)/b20-12+/t24-,25-,30-,33+/m1/s1. The van der Waals surface area contributed by atoms with E-state index in [1.54, 1.807) is 18.2 Å². The van der Waals surface area contributed by atoms with Gasteiger partial charge in [-0.05, 0) is 95.9 Å². The third-order valence-electron chi connectivity index (χ3n) is 7.78. The van der Waals surface area contributed by atoms with Gasteiger partial charge < -0.3 is 19.2 Å². The predicted octanol–water partition coefficient (Wildman–Crippen LogP) is 6.79. The van der Waals surface area contributed by atoms with Crippen molar-refractivity contribution in [3.63, 3.8) is 0 Å². The van der Waals surface area contributed by atoms with Crippen molar-refractivity contribution in [2.24, 2.45) is 5.92 Å². The average molecular weight is 543 g/mol. The maximum Gasteiger partial charge on any atom is 0.337 e. The smallest absolute Gasteiger partial charge is 0.337 e. The number of carbonyl (C=O) groups excluding carboxylic acids is 2. The van der Waals surface area contributed by atoms with Crippen LogP contribution in [0.25, 0.3) is 16.6 Å². The van der Waals surface area contributed by atoms with Crippen LogP contribution in [0.1, 0.15) is 76.5 Å². The summed E-state index contributed by atoms with van der Waals surface area (Å²) in [6, 6.07) is 5.23. The van der Waals surface area contributed by atoms with Gasteiger partial charge in [0.1, 0.15) is 5.82 Å². The number of ketones is 1. The summed E-state index contributed by atoms with van der Waals surface area (Å²) in [6.45, 7) is 10.3. The van der Waals surface area contributed by atoms with Crippen molar-refractivity contribution >= 4 is 28.4 Å². The van der Waals surface area contributed by atoms with Gasteiger partial charge in [-0.3, -0.25) is 4.79 Å². The van der Waals surface area contributed by atoms with Gasteiger partial charge in [0.2, 0.25) is 5.79 Å². The van der Waals surface area contributed by atoms with Crippen LogP contribution in [0.2, 0.25) is 0 Å². The molecule has 7 nitrogen and oxygen atoms in total. The normalized spacial score (nSPS) is 26.6. The number of methoxy groups -OCH3 is 1. The molecule has 1 aromatic carbocycles. The zero-order valence-corrected chi connectivity index (χ0v) is 24.2. The number of H-pyrrole nitrogens is 1. The highest BCUT2D eigenvalue weighted by molar-refractivity contribution is 5.98. The number of esters is 1. The number of allylic oxidation sites excluding steroid dienone is 4. The van der Waals surface area contributed by atoms with Gasteiger partial charge in [0.25, 0.3) is 0 Å². The molecule has 0 fully saturated rings. The van der Waals surface area contributed by atoms with E-state index in [1.165, 1.54) is 23.8 Å². The highest BCUT2D eigenvalue weighted by Crippen LogP contribution is 2.45. The Morgan fingerprint density at radius 2 is 1.98 bits per heavy atom. The van der Waals surface area contributed by atoms with E-state index in [1.807, 2.05) is 25.2 Å². The van der Waals surface area contributed by atoms with Crippen molar-refractivity contribution < 1.29 is 23.8 Å². The first-order valence-electron chi connectivity index (χ1n) is 13.9. The molecule has 4 atom stereocenters. The number of aromatic nitrogens is 2. The molecule has 0 radical (unpaired) electrons. The molecule has 0 bridgehead atoms. The number of fused-ring (bicyclic) bond motifs is 2. The second kappa shape index (κ2) is 11.1. The zero-order valence-electron chi connectivity index (χ0n) is 24.2. The summed E-state index contributed by atoms with van der Waals surface area (Å²) in [4.78, 5) is 33.1. The van der Waals surface area contributed by atoms with E-state index in [-0.39, 0.29) is 23.9 Å². The van der Waals surface area contributed by atoms with Gasteiger partial charge in [-0.25, -0.2) is 9.78 Å². The first kappa shape index (κ1) is 28.0. The molecule has 40 heavy (non-hydrogen) atoms. The summed E-state index contributed by atoms with van der Waals surface area (Å²) in [5, 5.41) is 0. The number of nitrogens with zero attached hydrogens (tertiary/aromatic N) is 1. The number of hydrogen-bond acceptors (Lipinski definition) is 6. The third kappa shape index (κ3) is 5.81. The summed E-state index contributed by atoms with van der Waals surface area (Å²) in [7, 11) is 1.36. The van der Waals surface area contributed by atoms with Gasteiger partial charge in [-0.2, -0.15) is 0 Å². The van der Waals surface area contributed by atoms with Crippen LogP contribution in [0.3, 0.4) is 0 Å². The van der Waals surface area contributed by atoms with E-state index in [0.29, 0.717) is 28.9 Å². The average Bonchev–Trinajstić information content (AvgIpc) is 3.31. The SMILES string of the molecule is COC(=O)c1ccc2nc(C3=C[C@]4(C=C(C)C[C@@H](/C=C(\C)CCC=C(C)C)O4)O[C@@H]4C=C(C)C(=O)C[C@H]34)[nH]c2c1. The summed E-state index contributed by atoms with van der Waals surface area (Å²) in [5.41, 5.74) is 7.24. The lowest BCUT2D eigenvalue weighted by molar-refractivity contribution is -0.220. The van der Waals surface area contributed by atoms with Gasteiger partial charge in [-0.15, -0.1) is 0 Å². The fourth-order valence-electron chi connectivity index (χ4n) is 5.79. The largest absolute Gasteiger partial charge is 0.465 e. The van der Waals surface area contributed by atoms with Crippen LogP contribution in [0.15, 0.2) is 70.9 Å². The quantitative estimate of drug-likeness (QED) is 0.319. The molecule has 1 N–H and O–H groups in total. The maximum absolute atomic E-state index is 12.8. The van der Waals surface area contributed by atoms with E-state index in [4.69, 9.17) is 19.2 Å². The lowest BCUT2D eigenvalue weighted by atomic mass is 9.78. The molecule has 0 saturated heterocycles. The van der Waals surface area contributed by atoms with Crippen molar-refractivity contribution in [1.29, 1.82) is 0 Å². The Morgan fingerprint density at radius 3 is 2.73 bits per heavy atom. The van der Waals surface area contributed by atoms with Crippen LogP contribution in [-0.2, 0) is 19.0 Å². The molecular weight excluding hydrogens is 504 g/mol. The number of carbonyl (C=O) groups is 2. The first-order valence-corrected chi connectivity index (χ1v) is 13.9. The number of hydrogen-bond donors (Lipinski definition) is 1. The molecule has 3 heterocycles. The van der Waals surface area contributed by atoms with Crippen molar-refractivity contribution in [3.05, 3.63) is 82.3 Å². The lowest BCUT2D eigenvalue weighted by Gasteiger charge is -2.45.